The van der Waals surface area contributed by atoms with Crippen LogP contribution in [0.15, 0.2) is 36.5 Å². The Bertz CT molecular complexity index is 379. The Hall–Kier alpha value is -1.31. The molecule has 2 atom stereocenters. The van der Waals surface area contributed by atoms with Gasteiger partial charge in [0, 0.05) is 6.42 Å². The van der Waals surface area contributed by atoms with E-state index >= 15 is 0 Å². The molecule has 0 aromatic rings. The van der Waals surface area contributed by atoms with Gasteiger partial charge in [0.05, 0.1) is 0 Å². The second kappa shape index (κ2) is 16.5. The van der Waals surface area contributed by atoms with Gasteiger partial charge in [-0.3, -0.25) is 4.79 Å². The first-order valence-electron chi connectivity index (χ1n) is 9.74. The van der Waals surface area contributed by atoms with Crippen LogP contribution in [0, 0.1) is 11.8 Å². The molecule has 1 N–H and O–H groups in total. The molecular weight excluding hydrogens is 296 g/mol. The zero-order chi connectivity index (χ0) is 18.0. The first kappa shape index (κ1) is 22.7. The third-order valence-electron chi connectivity index (χ3n) is 4.56. The fourth-order valence-corrected chi connectivity index (χ4v) is 2.96. The summed E-state index contributed by atoms with van der Waals surface area (Å²) in [7, 11) is 0. The number of carboxylic acids is 1. The number of hydrogen-bond donors (Lipinski definition) is 1. The van der Waals surface area contributed by atoms with Crippen LogP contribution in [0.2, 0.25) is 0 Å². The molecule has 0 heterocycles. The van der Waals surface area contributed by atoms with E-state index in [2.05, 4.69) is 50.3 Å². The number of allylic oxidation sites excluding steroid dienone is 6. The number of carboxylic acid groups (broad SMARTS) is 1. The van der Waals surface area contributed by atoms with Crippen LogP contribution >= 0.6 is 0 Å². The van der Waals surface area contributed by atoms with E-state index in [0.717, 1.165) is 32.1 Å². The normalized spacial score (nSPS) is 14.8. The van der Waals surface area contributed by atoms with Gasteiger partial charge in [0.25, 0.3) is 0 Å². The van der Waals surface area contributed by atoms with Crippen LogP contribution in [0.1, 0.15) is 85.0 Å². The predicted octanol–water partition coefficient (Wildman–Crippen LogP) is 6.93. The highest BCUT2D eigenvalue weighted by molar-refractivity contribution is 5.67. The number of rotatable bonds is 15. The monoisotopic (exact) mass is 334 g/mol. The Labute approximate surface area is 149 Å². The van der Waals surface area contributed by atoms with Gasteiger partial charge in [-0.15, -0.1) is 0 Å². The van der Waals surface area contributed by atoms with E-state index in [1.54, 1.807) is 0 Å². The van der Waals surface area contributed by atoms with Gasteiger partial charge in [0.2, 0.25) is 0 Å². The summed E-state index contributed by atoms with van der Waals surface area (Å²) in [5.41, 5.74) is 0. The van der Waals surface area contributed by atoms with Crippen molar-refractivity contribution in [2.24, 2.45) is 11.8 Å². The Morgan fingerprint density at radius 1 is 0.958 bits per heavy atom. The first-order valence-corrected chi connectivity index (χ1v) is 9.74. The summed E-state index contributed by atoms with van der Waals surface area (Å²) >= 11 is 0. The highest BCUT2D eigenvalue weighted by Crippen LogP contribution is 2.26. The molecule has 24 heavy (non-hydrogen) atoms. The molecule has 2 unspecified atom stereocenters. The van der Waals surface area contributed by atoms with Gasteiger partial charge >= 0.3 is 5.97 Å². The lowest BCUT2D eigenvalue weighted by Gasteiger charge is -2.22. The molecule has 0 saturated carbocycles. The molecule has 2 heteroatoms. The quantitative estimate of drug-likeness (QED) is 0.260. The van der Waals surface area contributed by atoms with Crippen LogP contribution in [0.25, 0.3) is 0 Å². The van der Waals surface area contributed by atoms with Gasteiger partial charge < -0.3 is 5.11 Å². The molecule has 0 aliphatic rings. The molecule has 0 fully saturated rings. The standard InChI is InChI=1S/C22H38O2/c1-4-6-8-9-10-11-12-13-14-16-18-21(19-22(23)24)20(3)17-15-7-5-2/h4,6,9-10,12-13,20-21H,5,7-8,11,14-19H2,1-3H3,(H,23,24). The first-order chi connectivity index (χ1) is 11.6. The second-order valence-corrected chi connectivity index (χ2v) is 6.75. The summed E-state index contributed by atoms with van der Waals surface area (Å²) in [4.78, 5) is 11.1. The number of hydrogen-bond acceptors (Lipinski definition) is 1. The number of unbranched alkanes of at least 4 members (excludes halogenated alkanes) is 3. The van der Waals surface area contributed by atoms with Crippen molar-refractivity contribution < 1.29 is 9.90 Å². The summed E-state index contributed by atoms with van der Waals surface area (Å²) in [6, 6.07) is 0. The largest absolute Gasteiger partial charge is 0.481 e. The number of carbonyl (C=O) groups is 1. The van der Waals surface area contributed by atoms with Crippen molar-refractivity contribution in [2.45, 2.75) is 85.0 Å². The van der Waals surface area contributed by atoms with Gasteiger partial charge in [-0.1, -0.05) is 76.0 Å². The van der Waals surface area contributed by atoms with Crippen LogP contribution in [0.5, 0.6) is 0 Å². The third-order valence-corrected chi connectivity index (χ3v) is 4.56. The van der Waals surface area contributed by atoms with E-state index in [-0.39, 0.29) is 0 Å². The molecular formula is C22H38O2. The molecule has 138 valence electrons. The lowest BCUT2D eigenvalue weighted by molar-refractivity contribution is -0.138. The van der Waals surface area contributed by atoms with Gasteiger partial charge in [-0.05, 0) is 50.9 Å². The zero-order valence-electron chi connectivity index (χ0n) is 16.0. The van der Waals surface area contributed by atoms with Crippen LogP contribution in [0.4, 0.5) is 0 Å². The van der Waals surface area contributed by atoms with Crippen molar-refractivity contribution in [3.63, 3.8) is 0 Å². The van der Waals surface area contributed by atoms with E-state index in [9.17, 15) is 4.79 Å². The van der Waals surface area contributed by atoms with E-state index in [1.807, 2.05) is 6.92 Å². The van der Waals surface area contributed by atoms with Crippen molar-refractivity contribution >= 4 is 5.97 Å². The van der Waals surface area contributed by atoms with Gasteiger partial charge in [0.1, 0.15) is 0 Å². The molecule has 2 nitrogen and oxygen atoms in total. The zero-order valence-corrected chi connectivity index (χ0v) is 16.0. The summed E-state index contributed by atoms with van der Waals surface area (Å²) in [5, 5.41) is 9.14. The van der Waals surface area contributed by atoms with Crippen molar-refractivity contribution in [3.05, 3.63) is 36.5 Å². The maximum atomic E-state index is 11.1. The lowest BCUT2D eigenvalue weighted by Crippen LogP contribution is -2.16. The van der Waals surface area contributed by atoms with Gasteiger partial charge in [-0.2, -0.15) is 0 Å². The molecule has 0 radical (unpaired) electrons. The fraction of sp³-hybridized carbons (Fsp3) is 0.682. The van der Waals surface area contributed by atoms with Gasteiger partial charge in [-0.25, -0.2) is 0 Å². The summed E-state index contributed by atoms with van der Waals surface area (Å²) in [5.74, 6) is 0.198. The molecule has 0 bridgehead atoms. The molecule has 0 aliphatic carbocycles. The third kappa shape index (κ3) is 14.3. The molecule has 0 saturated heterocycles. The summed E-state index contributed by atoms with van der Waals surface area (Å²) < 4.78 is 0. The molecule has 0 amide bonds. The average Bonchev–Trinajstić information content (AvgIpc) is 2.55. The second-order valence-electron chi connectivity index (χ2n) is 6.75. The Balaban J connectivity index is 4.00. The maximum absolute atomic E-state index is 11.1. The van der Waals surface area contributed by atoms with Gasteiger partial charge in [0.15, 0.2) is 0 Å². The highest BCUT2D eigenvalue weighted by atomic mass is 16.4. The Morgan fingerprint density at radius 2 is 1.62 bits per heavy atom. The predicted molar refractivity (Wildman–Crippen MR) is 105 cm³/mol. The van der Waals surface area contributed by atoms with E-state index in [4.69, 9.17) is 5.11 Å². The molecule has 0 spiro atoms. The minimum atomic E-state index is -0.649. The van der Waals surface area contributed by atoms with E-state index in [0.29, 0.717) is 18.3 Å². The summed E-state index contributed by atoms with van der Waals surface area (Å²) in [6.07, 6.45) is 23.4. The van der Waals surface area contributed by atoms with Crippen LogP contribution in [0.3, 0.4) is 0 Å². The summed E-state index contributed by atoms with van der Waals surface area (Å²) in [6.45, 7) is 6.48. The van der Waals surface area contributed by atoms with E-state index in [1.165, 1.54) is 25.7 Å². The van der Waals surface area contributed by atoms with Crippen LogP contribution in [-0.4, -0.2) is 11.1 Å². The topological polar surface area (TPSA) is 37.3 Å². The fourth-order valence-electron chi connectivity index (χ4n) is 2.96. The minimum absolute atomic E-state index is 0.324. The van der Waals surface area contributed by atoms with E-state index < -0.39 is 5.97 Å². The SMILES string of the molecule is CC=CCC=CCC=CCCCC(CC(=O)O)C(C)CCCCC. The van der Waals surface area contributed by atoms with Crippen molar-refractivity contribution in [3.8, 4) is 0 Å². The smallest absolute Gasteiger partial charge is 0.303 e. The molecule has 0 rings (SSSR count). The molecule has 0 aromatic carbocycles. The van der Waals surface area contributed by atoms with Crippen LogP contribution < -0.4 is 0 Å². The minimum Gasteiger partial charge on any atom is -0.481 e. The maximum Gasteiger partial charge on any atom is 0.303 e. The molecule has 0 aromatic heterocycles. The Kier molecular flexibility index (Phi) is 15.6. The molecule has 0 aliphatic heterocycles. The Morgan fingerprint density at radius 3 is 2.25 bits per heavy atom. The lowest BCUT2D eigenvalue weighted by atomic mass is 9.83. The highest BCUT2D eigenvalue weighted by Gasteiger charge is 2.19. The van der Waals surface area contributed by atoms with Crippen molar-refractivity contribution in [1.82, 2.24) is 0 Å². The average molecular weight is 335 g/mol. The van der Waals surface area contributed by atoms with Crippen LogP contribution in [-0.2, 0) is 4.79 Å². The number of aliphatic carboxylic acids is 1. The van der Waals surface area contributed by atoms with Crippen molar-refractivity contribution in [2.75, 3.05) is 0 Å². The van der Waals surface area contributed by atoms with Crippen molar-refractivity contribution in [1.29, 1.82) is 0 Å².